The molecule has 2 atom stereocenters. The van der Waals surface area contributed by atoms with Gasteiger partial charge < -0.3 is 10.3 Å². The van der Waals surface area contributed by atoms with Crippen LogP contribution in [-0.4, -0.2) is 33.1 Å². The summed E-state index contributed by atoms with van der Waals surface area (Å²) < 4.78 is 0. The number of nitrogens with zero attached hydrogens (tertiary/aromatic N) is 2. The zero-order chi connectivity index (χ0) is 17.8. The number of aromatic nitrogens is 3. The molecule has 4 N–H and O–H groups in total. The second-order valence-corrected chi connectivity index (χ2v) is 6.12. The van der Waals surface area contributed by atoms with Gasteiger partial charge in [-0.25, -0.2) is 10.4 Å². The molecule has 0 spiro atoms. The van der Waals surface area contributed by atoms with Gasteiger partial charge in [-0.15, -0.1) is 0 Å². The van der Waals surface area contributed by atoms with Crippen molar-refractivity contribution in [1.29, 1.82) is 0 Å². The van der Waals surface area contributed by atoms with Gasteiger partial charge in [0.2, 0.25) is 5.91 Å². The zero-order valence-electron chi connectivity index (χ0n) is 14.3. The summed E-state index contributed by atoms with van der Waals surface area (Å²) in [4.78, 5) is 35.9. The molecule has 0 saturated carbocycles. The molecular formula is C17H22N6O2. The maximum atomic E-state index is 12.4. The van der Waals surface area contributed by atoms with Crippen LogP contribution in [0.3, 0.4) is 0 Å². The molecule has 2 unspecified atom stereocenters. The van der Waals surface area contributed by atoms with E-state index in [1.807, 2.05) is 6.07 Å². The van der Waals surface area contributed by atoms with E-state index in [2.05, 4.69) is 38.0 Å². The quantitative estimate of drug-likeness (QED) is 0.626. The highest BCUT2D eigenvalue weighted by Crippen LogP contribution is 2.11. The van der Waals surface area contributed by atoms with Crippen LogP contribution in [0.25, 0.3) is 11.5 Å². The number of aromatic amines is 1. The van der Waals surface area contributed by atoms with E-state index in [1.54, 1.807) is 25.3 Å². The van der Waals surface area contributed by atoms with Gasteiger partial charge in [0.15, 0.2) is 5.82 Å². The van der Waals surface area contributed by atoms with Crippen LogP contribution in [0.4, 0.5) is 0 Å². The maximum Gasteiger partial charge on any atom is 0.255 e. The lowest BCUT2D eigenvalue weighted by Crippen LogP contribution is -2.45. The Hall–Kier alpha value is -2.58. The number of amides is 1. The van der Waals surface area contributed by atoms with Gasteiger partial charge in [-0.1, -0.05) is 13.0 Å². The highest BCUT2D eigenvalue weighted by Gasteiger charge is 2.24. The van der Waals surface area contributed by atoms with E-state index in [9.17, 15) is 9.59 Å². The van der Waals surface area contributed by atoms with Crippen LogP contribution in [0.2, 0.25) is 0 Å². The molecule has 0 radical (unpaired) electrons. The molecule has 25 heavy (non-hydrogen) atoms. The van der Waals surface area contributed by atoms with Gasteiger partial charge in [-0.3, -0.25) is 20.0 Å². The predicted molar refractivity (Wildman–Crippen MR) is 93.4 cm³/mol. The summed E-state index contributed by atoms with van der Waals surface area (Å²) in [6.45, 7) is 3.81. The lowest BCUT2D eigenvalue weighted by atomic mass is 10.1. The first-order valence-electron chi connectivity index (χ1n) is 8.38. The third-order valence-electron chi connectivity index (χ3n) is 4.28. The monoisotopic (exact) mass is 342 g/mol. The summed E-state index contributed by atoms with van der Waals surface area (Å²) in [7, 11) is 0. The predicted octanol–water partition coefficient (Wildman–Crippen LogP) is 0.402. The SMILES string of the molecule is CCC1CC(NC(=O)Cc2c(C)nc(-c3ccccn3)[nH]c2=O)NN1. The van der Waals surface area contributed by atoms with Gasteiger partial charge in [-0.2, -0.15) is 0 Å². The molecule has 1 amide bonds. The van der Waals surface area contributed by atoms with Crippen molar-refractivity contribution >= 4 is 5.91 Å². The smallest absolute Gasteiger partial charge is 0.255 e. The van der Waals surface area contributed by atoms with Crippen LogP contribution in [0.15, 0.2) is 29.2 Å². The van der Waals surface area contributed by atoms with Crippen LogP contribution in [-0.2, 0) is 11.2 Å². The molecule has 8 heteroatoms. The largest absolute Gasteiger partial charge is 0.339 e. The Morgan fingerprint density at radius 3 is 2.84 bits per heavy atom. The third-order valence-corrected chi connectivity index (χ3v) is 4.28. The highest BCUT2D eigenvalue weighted by atomic mass is 16.2. The van der Waals surface area contributed by atoms with Crippen LogP contribution in [0.5, 0.6) is 0 Å². The first kappa shape index (κ1) is 17.2. The summed E-state index contributed by atoms with van der Waals surface area (Å²) in [5.41, 5.74) is 7.34. The minimum Gasteiger partial charge on any atom is -0.339 e. The molecule has 1 aliphatic rings. The van der Waals surface area contributed by atoms with E-state index in [0.29, 0.717) is 28.8 Å². The second kappa shape index (κ2) is 7.54. The molecule has 2 aromatic heterocycles. The van der Waals surface area contributed by atoms with Gasteiger partial charge in [0, 0.05) is 23.5 Å². The minimum absolute atomic E-state index is 0.00830. The molecule has 0 bridgehead atoms. The normalized spacial score (nSPS) is 19.8. The fourth-order valence-electron chi connectivity index (χ4n) is 2.83. The van der Waals surface area contributed by atoms with Crippen LogP contribution in [0, 0.1) is 6.92 Å². The molecule has 3 heterocycles. The lowest BCUT2D eigenvalue weighted by molar-refractivity contribution is -0.121. The Bertz CT molecular complexity index is 805. The van der Waals surface area contributed by atoms with E-state index in [1.165, 1.54) is 0 Å². The standard InChI is InChI=1S/C17H22N6O2/c1-3-11-8-14(23-22-11)20-15(24)9-12-10(2)19-16(21-17(12)25)13-6-4-5-7-18-13/h4-7,11,14,22-23H,3,8-9H2,1-2H3,(H,20,24)(H,19,21,25). The number of nitrogens with one attached hydrogen (secondary N) is 4. The van der Waals surface area contributed by atoms with Crippen molar-refractivity contribution < 1.29 is 4.79 Å². The van der Waals surface area contributed by atoms with Gasteiger partial charge in [0.1, 0.15) is 5.69 Å². The van der Waals surface area contributed by atoms with Crippen molar-refractivity contribution in [2.75, 3.05) is 0 Å². The number of carbonyl (C=O) groups excluding carboxylic acids is 1. The van der Waals surface area contributed by atoms with E-state index >= 15 is 0 Å². The summed E-state index contributed by atoms with van der Waals surface area (Å²) >= 11 is 0. The van der Waals surface area contributed by atoms with Gasteiger partial charge >= 0.3 is 0 Å². The van der Waals surface area contributed by atoms with Crippen molar-refractivity contribution in [3.8, 4) is 11.5 Å². The summed E-state index contributed by atoms with van der Waals surface area (Å²) in [5, 5.41) is 2.89. The average molecular weight is 342 g/mol. The molecule has 2 aromatic rings. The fraction of sp³-hybridized carbons (Fsp3) is 0.412. The molecule has 1 aliphatic heterocycles. The molecular weight excluding hydrogens is 320 g/mol. The van der Waals surface area contributed by atoms with Gasteiger partial charge in [-0.05, 0) is 31.9 Å². The Kier molecular flexibility index (Phi) is 5.20. The van der Waals surface area contributed by atoms with Gasteiger partial charge in [0.05, 0.1) is 12.6 Å². The lowest BCUT2D eigenvalue weighted by Gasteiger charge is -2.12. The summed E-state index contributed by atoms with van der Waals surface area (Å²) in [6.07, 6.45) is 3.30. The molecule has 3 rings (SSSR count). The number of rotatable bonds is 5. The zero-order valence-corrected chi connectivity index (χ0v) is 14.3. The van der Waals surface area contributed by atoms with Gasteiger partial charge in [0.25, 0.3) is 5.56 Å². The molecule has 1 saturated heterocycles. The average Bonchev–Trinajstić information content (AvgIpc) is 3.06. The minimum atomic E-state index is -0.313. The van der Waals surface area contributed by atoms with Crippen molar-refractivity contribution in [2.24, 2.45) is 0 Å². The molecule has 0 aliphatic carbocycles. The van der Waals surface area contributed by atoms with Crippen LogP contribution in [0.1, 0.15) is 31.0 Å². The topological polar surface area (TPSA) is 112 Å². The Labute approximate surface area is 145 Å². The third kappa shape index (κ3) is 4.09. The fourth-order valence-corrected chi connectivity index (χ4v) is 2.83. The van der Waals surface area contributed by atoms with Crippen molar-refractivity contribution in [2.45, 2.75) is 45.3 Å². The maximum absolute atomic E-state index is 12.4. The second-order valence-electron chi connectivity index (χ2n) is 6.12. The van der Waals surface area contributed by atoms with E-state index in [0.717, 1.165) is 12.8 Å². The van der Waals surface area contributed by atoms with Crippen molar-refractivity contribution in [1.82, 2.24) is 31.1 Å². The molecule has 1 fully saturated rings. The number of aryl methyl sites for hydroxylation is 1. The number of pyridine rings is 1. The van der Waals surface area contributed by atoms with Crippen LogP contribution < -0.4 is 21.7 Å². The Morgan fingerprint density at radius 1 is 1.36 bits per heavy atom. The van der Waals surface area contributed by atoms with E-state index in [4.69, 9.17) is 0 Å². The first-order valence-corrected chi connectivity index (χ1v) is 8.38. The number of hydrazine groups is 1. The Morgan fingerprint density at radius 2 is 2.20 bits per heavy atom. The summed E-state index contributed by atoms with van der Waals surface area (Å²) in [5.74, 6) is 0.191. The number of hydrogen-bond acceptors (Lipinski definition) is 6. The summed E-state index contributed by atoms with van der Waals surface area (Å²) in [6, 6.07) is 5.73. The van der Waals surface area contributed by atoms with Crippen molar-refractivity contribution in [3.05, 3.63) is 46.0 Å². The van der Waals surface area contributed by atoms with E-state index in [-0.39, 0.29) is 24.1 Å². The van der Waals surface area contributed by atoms with E-state index < -0.39 is 0 Å². The number of carbonyl (C=O) groups is 1. The first-order chi connectivity index (χ1) is 12.1. The Balaban J connectivity index is 1.70. The van der Waals surface area contributed by atoms with Crippen molar-refractivity contribution in [3.63, 3.8) is 0 Å². The number of hydrogen-bond donors (Lipinski definition) is 4. The molecule has 132 valence electrons. The molecule has 0 aromatic carbocycles. The molecule has 8 nitrogen and oxygen atoms in total. The van der Waals surface area contributed by atoms with Crippen LogP contribution >= 0.6 is 0 Å². The highest BCUT2D eigenvalue weighted by molar-refractivity contribution is 5.79. The number of H-pyrrole nitrogens is 1.